The summed E-state index contributed by atoms with van der Waals surface area (Å²) in [7, 11) is 2.61. The van der Waals surface area contributed by atoms with Crippen LogP contribution >= 0.6 is 0 Å². The number of aromatic nitrogens is 1. The quantitative estimate of drug-likeness (QED) is 0.612. The molecule has 9 heteroatoms. The summed E-state index contributed by atoms with van der Waals surface area (Å²) in [6.45, 7) is -3.03. The number of pyridine rings is 1. The van der Waals surface area contributed by atoms with Gasteiger partial charge in [-0.3, -0.25) is 9.78 Å². The lowest BCUT2D eigenvalue weighted by molar-refractivity contribution is -0.0526. The van der Waals surface area contributed by atoms with Crippen molar-refractivity contribution in [1.82, 2.24) is 10.4 Å². The van der Waals surface area contributed by atoms with E-state index in [0.29, 0.717) is 11.1 Å². The normalized spacial score (nSPS) is 10.8. The molecule has 0 aliphatic rings. The van der Waals surface area contributed by atoms with Crippen molar-refractivity contribution in [3.63, 3.8) is 0 Å². The second kappa shape index (κ2) is 8.57. The third-order valence-electron chi connectivity index (χ3n) is 2.99. The Balaban J connectivity index is 2.17. The lowest BCUT2D eigenvalue weighted by Gasteiger charge is -2.14. The van der Waals surface area contributed by atoms with Crippen molar-refractivity contribution in [2.24, 2.45) is 5.10 Å². The molecule has 1 amide bonds. The maximum Gasteiger partial charge on any atom is 0.387 e. The van der Waals surface area contributed by atoms with Gasteiger partial charge in [0.2, 0.25) is 5.75 Å². The van der Waals surface area contributed by atoms with E-state index in [4.69, 9.17) is 9.47 Å². The second-order valence-corrected chi connectivity index (χ2v) is 4.57. The summed E-state index contributed by atoms with van der Waals surface area (Å²) >= 11 is 0. The Morgan fingerprint density at radius 1 is 1.28 bits per heavy atom. The van der Waals surface area contributed by atoms with Gasteiger partial charge in [0.15, 0.2) is 11.5 Å². The number of carbonyl (C=O) groups is 1. The first-order chi connectivity index (χ1) is 12.0. The minimum atomic E-state index is -3.03. The molecule has 0 aliphatic carbocycles. The molecule has 25 heavy (non-hydrogen) atoms. The van der Waals surface area contributed by atoms with E-state index in [1.165, 1.54) is 38.8 Å². The van der Waals surface area contributed by atoms with Crippen LogP contribution in [0.2, 0.25) is 0 Å². The van der Waals surface area contributed by atoms with Crippen molar-refractivity contribution < 1.29 is 27.8 Å². The van der Waals surface area contributed by atoms with Gasteiger partial charge in [-0.05, 0) is 24.3 Å². The van der Waals surface area contributed by atoms with Crippen molar-refractivity contribution in [1.29, 1.82) is 0 Å². The van der Waals surface area contributed by atoms with E-state index in [9.17, 15) is 13.6 Å². The molecule has 0 saturated carbocycles. The highest BCUT2D eigenvalue weighted by atomic mass is 19.3. The maximum absolute atomic E-state index is 12.5. The van der Waals surface area contributed by atoms with Crippen LogP contribution in [0.5, 0.6) is 17.2 Å². The van der Waals surface area contributed by atoms with Crippen molar-refractivity contribution in [2.75, 3.05) is 14.2 Å². The predicted octanol–water partition coefficient (Wildman–Crippen LogP) is 2.46. The van der Waals surface area contributed by atoms with Gasteiger partial charge in [0.25, 0.3) is 5.91 Å². The van der Waals surface area contributed by atoms with Crippen LogP contribution < -0.4 is 19.6 Å². The van der Waals surface area contributed by atoms with Crippen molar-refractivity contribution in [2.45, 2.75) is 6.61 Å². The highest BCUT2D eigenvalue weighted by Gasteiger charge is 2.17. The Morgan fingerprint density at radius 3 is 2.48 bits per heavy atom. The number of nitrogens with zero attached hydrogens (tertiary/aromatic N) is 2. The molecule has 0 saturated heterocycles. The van der Waals surface area contributed by atoms with Gasteiger partial charge >= 0.3 is 6.61 Å². The molecular formula is C16H15F2N3O4. The number of hydrogen-bond donors (Lipinski definition) is 1. The van der Waals surface area contributed by atoms with E-state index >= 15 is 0 Å². The number of hydrazone groups is 1. The number of ether oxygens (including phenoxy) is 3. The molecule has 7 nitrogen and oxygen atoms in total. The first-order valence-corrected chi connectivity index (χ1v) is 6.99. The Morgan fingerprint density at radius 2 is 1.96 bits per heavy atom. The topological polar surface area (TPSA) is 82.0 Å². The van der Waals surface area contributed by atoms with Crippen LogP contribution in [0.4, 0.5) is 8.78 Å². The van der Waals surface area contributed by atoms with Crippen LogP contribution in [0.3, 0.4) is 0 Å². The van der Waals surface area contributed by atoms with E-state index in [1.54, 1.807) is 18.3 Å². The fourth-order valence-corrected chi connectivity index (χ4v) is 1.91. The zero-order chi connectivity index (χ0) is 18.2. The summed E-state index contributed by atoms with van der Waals surface area (Å²) < 4.78 is 39.5. The number of benzene rings is 1. The van der Waals surface area contributed by atoms with E-state index in [0.717, 1.165) is 0 Å². The molecule has 0 bridgehead atoms. The van der Waals surface area contributed by atoms with Crippen molar-refractivity contribution in [3.8, 4) is 17.2 Å². The summed E-state index contributed by atoms with van der Waals surface area (Å²) in [5, 5.41) is 3.81. The molecule has 1 N–H and O–H groups in total. The molecule has 2 rings (SSSR count). The Labute approximate surface area is 142 Å². The largest absolute Gasteiger partial charge is 0.493 e. The molecule has 1 aromatic carbocycles. The van der Waals surface area contributed by atoms with Gasteiger partial charge < -0.3 is 14.2 Å². The van der Waals surface area contributed by atoms with Crippen LogP contribution in [-0.4, -0.2) is 37.9 Å². The summed E-state index contributed by atoms with van der Waals surface area (Å²) in [4.78, 5) is 15.7. The van der Waals surface area contributed by atoms with Gasteiger partial charge in [0.1, 0.15) is 0 Å². The number of halogens is 2. The molecule has 0 spiro atoms. The number of carbonyl (C=O) groups excluding carboxylic acids is 1. The van der Waals surface area contributed by atoms with Gasteiger partial charge in [-0.25, -0.2) is 5.43 Å². The van der Waals surface area contributed by atoms with Gasteiger partial charge in [-0.1, -0.05) is 0 Å². The Kier molecular flexibility index (Phi) is 6.21. The van der Waals surface area contributed by atoms with E-state index in [1.807, 2.05) is 0 Å². The molecular weight excluding hydrogens is 336 g/mol. The molecule has 0 radical (unpaired) electrons. The third kappa shape index (κ3) is 4.87. The molecule has 0 fully saturated rings. The summed E-state index contributed by atoms with van der Waals surface area (Å²) in [5.74, 6) is -0.586. The minimum absolute atomic E-state index is 0.0414. The monoisotopic (exact) mass is 351 g/mol. The first kappa shape index (κ1) is 18.1. The Bertz CT molecular complexity index is 729. The van der Waals surface area contributed by atoms with Gasteiger partial charge in [-0.15, -0.1) is 0 Å². The number of nitrogens with one attached hydrogen (secondary N) is 1. The van der Waals surface area contributed by atoms with Crippen LogP contribution in [0.15, 0.2) is 41.8 Å². The van der Waals surface area contributed by atoms with E-state index in [2.05, 4.69) is 20.2 Å². The third-order valence-corrected chi connectivity index (χ3v) is 2.99. The standard InChI is InChI=1S/C16H15F2N3O4/c1-23-12-6-10(7-13(24-2)14(12)25-16(17)18)8-20-21-15(22)11-4-3-5-19-9-11/h3-9,16H,1-2H3,(H,21,22)/b20-8-. The maximum atomic E-state index is 12.5. The van der Waals surface area contributed by atoms with E-state index < -0.39 is 12.5 Å². The summed E-state index contributed by atoms with van der Waals surface area (Å²) in [6, 6.07) is 6.04. The average Bonchev–Trinajstić information content (AvgIpc) is 2.62. The Hall–Kier alpha value is -3.23. The molecule has 1 aromatic heterocycles. The number of methoxy groups -OCH3 is 2. The zero-order valence-corrected chi connectivity index (χ0v) is 13.4. The van der Waals surface area contributed by atoms with Crippen LogP contribution in [0.25, 0.3) is 0 Å². The van der Waals surface area contributed by atoms with Crippen molar-refractivity contribution in [3.05, 3.63) is 47.8 Å². The van der Waals surface area contributed by atoms with Crippen LogP contribution in [0, 0.1) is 0 Å². The number of amides is 1. The highest BCUT2D eigenvalue weighted by Crippen LogP contribution is 2.39. The summed E-state index contributed by atoms with van der Waals surface area (Å²) in [6.07, 6.45) is 4.25. The average molecular weight is 351 g/mol. The predicted molar refractivity (Wildman–Crippen MR) is 85.5 cm³/mol. The van der Waals surface area contributed by atoms with Crippen molar-refractivity contribution >= 4 is 12.1 Å². The molecule has 0 unspecified atom stereocenters. The number of rotatable bonds is 7. The van der Waals surface area contributed by atoms with Gasteiger partial charge in [-0.2, -0.15) is 13.9 Å². The van der Waals surface area contributed by atoms with Gasteiger partial charge in [0, 0.05) is 18.0 Å². The highest BCUT2D eigenvalue weighted by molar-refractivity contribution is 5.94. The molecule has 0 aliphatic heterocycles. The SMILES string of the molecule is COc1cc(/C=N\NC(=O)c2cccnc2)cc(OC)c1OC(F)F. The molecule has 132 valence electrons. The summed E-state index contributed by atoms with van der Waals surface area (Å²) in [5.41, 5.74) is 3.12. The van der Waals surface area contributed by atoms with E-state index in [-0.39, 0.29) is 17.2 Å². The molecule has 2 aromatic rings. The minimum Gasteiger partial charge on any atom is -0.493 e. The number of alkyl halides is 2. The van der Waals surface area contributed by atoms with Gasteiger partial charge in [0.05, 0.1) is 26.0 Å². The fourth-order valence-electron chi connectivity index (χ4n) is 1.91. The number of hydrogen-bond acceptors (Lipinski definition) is 6. The lowest BCUT2D eigenvalue weighted by Crippen LogP contribution is -2.17. The van der Waals surface area contributed by atoms with Crippen LogP contribution in [-0.2, 0) is 0 Å². The zero-order valence-electron chi connectivity index (χ0n) is 13.4. The smallest absolute Gasteiger partial charge is 0.387 e. The fraction of sp³-hybridized carbons (Fsp3) is 0.188. The molecule has 0 atom stereocenters. The lowest BCUT2D eigenvalue weighted by atomic mass is 10.2. The molecule has 1 heterocycles. The second-order valence-electron chi connectivity index (χ2n) is 4.57. The first-order valence-electron chi connectivity index (χ1n) is 6.99. The van der Waals surface area contributed by atoms with Crippen LogP contribution in [0.1, 0.15) is 15.9 Å².